The third kappa shape index (κ3) is 8.34. The van der Waals surface area contributed by atoms with Crippen molar-refractivity contribution >= 4 is 23.5 Å². The average molecular weight is 412 g/mol. The van der Waals surface area contributed by atoms with E-state index in [2.05, 4.69) is 10.6 Å². The largest absolute Gasteiger partial charge is 0.457 e. The van der Waals surface area contributed by atoms with Crippen molar-refractivity contribution in [2.24, 2.45) is 5.92 Å². The summed E-state index contributed by atoms with van der Waals surface area (Å²) in [5.41, 5.74) is 0.547. The Morgan fingerprint density at radius 2 is 1.53 bits per heavy atom. The maximum atomic E-state index is 12.2. The van der Waals surface area contributed by atoms with Crippen molar-refractivity contribution < 1.29 is 23.9 Å². The number of nitrogens with one attached hydrogen (secondary N) is 2. The molecule has 7 heteroatoms. The van der Waals surface area contributed by atoms with E-state index in [0.717, 1.165) is 6.42 Å². The Labute approximate surface area is 176 Å². The molecule has 2 aromatic rings. The quantitative estimate of drug-likeness (QED) is 0.577. The molecule has 160 valence electrons. The minimum Gasteiger partial charge on any atom is -0.457 e. The summed E-state index contributed by atoms with van der Waals surface area (Å²) in [6.07, 6.45) is 0.102. The van der Waals surface area contributed by atoms with Gasteiger partial charge in [-0.2, -0.15) is 0 Å². The third-order valence-electron chi connectivity index (χ3n) is 4.16. The van der Waals surface area contributed by atoms with E-state index in [1.165, 1.54) is 6.92 Å². The Balaban J connectivity index is 1.75. The highest BCUT2D eigenvalue weighted by Crippen LogP contribution is 2.22. The number of carbonyl (C=O) groups is 3. The molecule has 2 N–H and O–H groups in total. The number of anilines is 1. The highest BCUT2D eigenvalue weighted by atomic mass is 16.5. The molecule has 1 unspecified atom stereocenters. The van der Waals surface area contributed by atoms with Crippen LogP contribution in [0.5, 0.6) is 11.5 Å². The fourth-order valence-electron chi connectivity index (χ4n) is 2.45. The van der Waals surface area contributed by atoms with E-state index in [0.29, 0.717) is 29.5 Å². The Hall–Kier alpha value is -3.35. The van der Waals surface area contributed by atoms with Crippen LogP contribution in [0.4, 0.5) is 5.69 Å². The summed E-state index contributed by atoms with van der Waals surface area (Å²) in [5, 5.41) is 5.18. The molecule has 0 spiro atoms. The smallest absolute Gasteiger partial charge is 0.326 e. The molecule has 2 amide bonds. The monoisotopic (exact) mass is 412 g/mol. The number of carbonyl (C=O) groups excluding carboxylic acids is 3. The van der Waals surface area contributed by atoms with Crippen molar-refractivity contribution in [2.75, 3.05) is 11.9 Å². The van der Waals surface area contributed by atoms with Crippen LogP contribution < -0.4 is 15.4 Å². The van der Waals surface area contributed by atoms with Gasteiger partial charge in [-0.05, 0) is 55.7 Å². The summed E-state index contributed by atoms with van der Waals surface area (Å²) in [4.78, 5) is 35.7. The van der Waals surface area contributed by atoms with Gasteiger partial charge < -0.3 is 20.1 Å². The van der Waals surface area contributed by atoms with Crippen molar-refractivity contribution in [2.45, 2.75) is 39.7 Å². The van der Waals surface area contributed by atoms with Crippen LogP contribution >= 0.6 is 0 Å². The predicted molar refractivity (Wildman–Crippen MR) is 114 cm³/mol. The van der Waals surface area contributed by atoms with Gasteiger partial charge in [0.25, 0.3) is 5.91 Å². The van der Waals surface area contributed by atoms with Gasteiger partial charge in [-0.25, -0.2) is 0 Å². The number of para-hydroxylation sites is 1. The van der Waals surface area contributed by atoms with Crippen molar-refractivity contribution in [3.05, 3.63) is 54.6 Å². The molecular formula is C23H28N2O5. The fraction of sp³-hybridized carbons (Fsp3) is 0.348. The van der Waals surface area contributed by atoms with Crippen molar-refractivity contribution in [1.29, 1.82) is 0 Å². The van der Waals surface area contributed by atoms with Crippen molar-refractivity contribution in [3.8, 4) is 11.5 Å². The standard InChI is InChI=1S/C23H28N2O5/c1-16(2)9-14-21(26)24-15-22(27)29-17(3)23(28)25-18-10-12-20(13-11-18)30-19-7-5-4-6-8-19/h4-8,10-13,16-17H,9,14-15H2,1-3H3,(H,24,26)(H,25,28). The van der Waals surface area contributed by atoms with Crippen molar-refractivity contribution in [3.63, 3.8) is 0 Å². The van der Waals surface area contributed by atoms with Gasteiger partial charge in [0.15, 0.2) is 6.10 Å². The summed E-state index contributed by atoms with van der Waals surface area (Å²) in [7, 11) is 0. The summed E-state index contributed by atoms with van der Waals surface area (Å²) >= 11 is 0. The normalized spacial score (nSPS) is 11.5. The first-order valence-electron chi connectivity index (χ1n) is 9.93. The lowest BCUT2D eigenvalue weighted by Gasteiger charge is -2.14. The van der Waals surface area contributed by atoms with Crippen LogP contribution in [0.3, 0.4) is 0 Å². The zero-order valence-electron chi connectivity index (χ0n) is 17.5. The first-order chi connectivity index (χ1) is 14.3. The second-order valence-corrected chi connectivity index (χ2v) is 7.27. The van der Waals surface area contributed by atoms with Crippen molar-refractivity contribution in [1.82, 2.24) is 5.32 Å². The van der Waals surface area contributed by atoms with E-state index in [-0.39, 0.29) is 12.5 Å². The molecule has 0 fully saturated rings. The van der Waals surface area contributed by atoms with Gasteiger partial charge in [-0.15, -0.1) is 0 Å². The molecule has 0 radical (unpaired) electrons. The molecule has 2 aromatic carbocycles. The van der Waals surface area contributed by atoms with E-state index >= 15 is 0 Å². The lowest BCUT2D eigenvalue weighted by molar-refractivity contribution is -0.152. The molecule has 0 aliphatic rings. The Morgan fingerprint density at radius 3 is 2.17 bits per heavy atom. The van der Waals surface area contributed by atoms with Gasteiger partial charge >= 0.3 is 5.97 Å². The number of benzene rings is 2. The molecule has 1 atom stereocenters. The number of amides is 2. The van der Waals surface area contributed by atoms with Gasteiger partial charge in [0.1, 0.15) is 18.0 Å². The van der Waals surface area contributed by atoms with Crippen LogP contribution in [0.1, 0.15) is 33.6 Å². The van der Waals surface area contributed by atoms with Gasteiger partial charge in [-0.1, -0.05) is 32.0 Å². The zero-order valence-corrected chi connectivity index (χ0v) is 17.5. The molecule has 0 heterocycles. The van der Waals surface area contributed by atoms with Gasteiger partial charge in [0.05, 0.1) is 0 Å². The molecule has 30 heavy (non-hydrogen) atoms. The number of rotatable bonds is 10. The number of esters is 1. The SMILES string of the molecule is CC(C)CCC(=O)NCC(=O)OC(C)C(=O)Nc1ccc(Oc2ccccc2)cc1. The van der Waals surface area contributed by atoms with E-state index < -0.39 is 18.0 Å². The summed E-state index contributed by atoms with van der Waals surface area (Å²) in [6, 6.07) is 16.2. The summed E-state index contributed by atoms with van der Waals surface area (Å²) < 4.78 is 10.8. The maximum absolute atomic E-state index is 12.2. The third-order valence-corrected chi connectivity index (χ3v) is 4.16. The fourth-order valence-corrected chi connectivity index (χ4v) is 2.45. The van der Waals surface area contributed by atoms with E-state index in [1.54, 1.807) is 24.3 Å². The maximum Gasteiger partial charge on any atom is 0.326 e. The van der Waals surface area contributed by atoms with Crippen LogP contribution in [0, 0.1) is 5.92 Å². The first kappa shape index (κ1) is 22.9. The van der Waals surface area contributed by atoms with Crippen LogP contribution in [0.25, 0.3) is 0 Å². The predicted octanol–water partition coefficient (Wildman–Crippen LogP) is 3.90. The number of ether oxygens (including phenoxy) is 2. The topological polar surface area (TPSA) is 93.7 Å². The molecule has 0 aliphatic carbocycles. The van der Waals surface area contributed by atoms with Crippen LogP contribution in [-0.2, 0) is 19.1 Å². The highest BCUT2D eigenvalue weighted by molar-refractivity contribution is 5.95. The second kappa shape index (κ2) is 11.6. The number of hydrogen-bond donors (Lipinski definition) is 2. The molecule has 0 saturated carbocycles. The second-order valence-electron chi connectivity index (χ2n) is 7.27. The summed E-state index contributed by atoms with van der Waals surface area (Å²) in [6.45, 7) is 5.25. The highest BCUT2D eigenvalue weighted by Gasteiger charge is 2.18. The van der Waals surface area contributed by atoms with Crippen LogP contribution in [0.2, 0.25) is 0 Å². The molecule has 7 nitrogen and oxygen atoms in total. The minimum atomic E-state index is -0.995. The van der Waals surface area contributed by atoms with E-state index in [4.69, 9.17) is 9.47 Å². The van der Waals surface area contributed by atoms with E-state index in [1.807, 2.05) is 44.2 Å². The first-order valence-corrected chi connectivity index (χ1v) is 9.93. The Bertz CT molecular complexity index is 834. The zero-order chi connectivity index (χ0) is 21.9. The minimum absolute atomic E-state index is 0.212. The van der Waals surface area contributed by atoms with E-state index in [9.17, 15) is 14.4 Å². The molecular weight excluding hydrogens is 384 g/mol. The van der Waals surface area contributed by atoms with Crippen LogP contribution in [-0.4, -0.2) is 30.4 Å². The summed E-state index contributed by atoms with van der Waals surface area (Å²) in [5.74, 6) is 0.410. The lowest BCUT2D eigenvalue weighted by atomic mass is 10.1. The van der Waals surface area contributed by atoms with Gasteiger partial charge in [0.2, 0.25) is 5.91 Å². The number of hydrogen-bond acceptors (Lipinski definition) is 5. The molecule has 0 aliphatic heterocycles. The average Bonchev–Trinajstić information content (AvgIpc) is 2.72. The molecule has 2 rings (SSSR count). The molecule has 0 saturated heterocycles. The molecule has 0 aromatic heterocycles. The van der Waals surface area contributed by atoms with Crippen LogP contribution in [0.15, 0.2) is 54.6 Å². The molecule has 0 bridgehead atoms. The van der Waals surface area contributed by atoms with Gasteiger partial charge in [-0.3, -0.25) is 14.4 Å². The Morgan fingerprint density at radius 1 is 0.900 bits per heavy atom. The lowest BCUT2D eigenvalue weighted by Crippen LogP contribution is -2.35. The Kier molecular flexibility index (Phi) is 8.87. The van der Waals surface area contributed by atoms with Gasteiger partial charge in [0, 0.05) is 12.1 Å².